The minimum absolute atomic E-state index is 0.0896. The molecule has 21 heavy (non-hydrogen) atoms. The van der Waals surface area contributed by atoms with Gasteiger partial charge in [0.2, 0.25) is 0 Å². The predicted octanol–water partition coefficient (Wildman–Crippen LogP) is 2.84. The van der Waals surface area contributed by atoms with Crippen LogP contribution in [0.5, 0.6) is 0 Å². The Kier molecular flexibility index (Phi) is 5.83. The first kappa shape index (κ1) is 18.4. The Morgan fingerprint density at radius 3 is 2.48 bits per heavy atom. The molecule has 0 aliphatic carbocycles. The van der Waals surface area contributed by atoms with E-state index in [9.17, 15) is 13.2 Å². The van der Waals surface area contributed by atoms with Gasteiger partial charge in [-0.2, -0.15) is 0 Å². The van der Waals surface area contributed by atoms with Crippen molar-refractivity contribution in [2.24, 2.45) is 0 Å². The van der Waals surface area contributed by atoms with E-state index in [0.717, 1.165) is 0 Å². The smallest absolute Gasteiger partial charge is 0.261 e. The topological polar surface area (TPSA) is 72.5 Å². The van der Waals surface area contributed by atoms with Gasteiger partial charge in [0.15, 0.2) is 0 Å². The molecule has 0 heterocycles. The number of carbonyl (C=O) groups excluding carboxylic acids is 1. The fourth-order valence-corrected chi connectivity index (χ4v) is 3.75. The van der Waals surface area contributed by atoms with Crippen LogP contribution in [0.2, 0.25) is 0 Å². The summed E-state index contributed by atoms with van der Waals surface area (Å²) in [5, 5.41) is 2.80. The van der Waals surface area contributed by atoms with E-state index in [1.54, 1.807) is 26.8 Å². The molecule has 0 radical (unpaired) electrons. The SMILES string of the molecule is COCC(C)(C)NC(=O)c1cc(Br)cc(S(=O)(=O)Cl)c1C. The van der Waals surface area contributed by atoms with Crippen molar-refractivity contribution in [1.29, 1.82) is 0 Å². The highest BCUT2D eigenvalue weighted by Gasteiger charge is 2.25. The molecular formula is C13H17BrClNO4S. The van der Waals surface area contributed by atoms with Crippen molar-refractivity contribution in [3.05, 3.63) is 27.7 Å². The Balaban J connectivity index is 3.26. The number of hydrogen-bond acceptors (Lipinski definition) is 4. The fraction of sp³-hybridized carbons (Fsp3) is 0.462. The molecule has 1 amide bonds. The highest BCUT2D eigenvalue weighted by Crippen LogP contribution is 2.27. The van der Waals surface area contributed by atoms with Gasteiger partial charge in [-0.25, -0.2) is 8.42 Å². The summed E-state index contributed by atoms with van der Waals surface area (Å²) in [4.78, 5) is 12.3. The van der Waals surface area contributed by atoms with Gasteiger partial charge in [0.1, 0.15) is 0 Å². The van der Waals surface area contributed by atoms with E-state index in [0.29, 0.717) is 16.6 Å². The molecule has 1 rings (SSSR count). The maximum atomic E-state index is 12.4. The van der Waals surface area contributed by atoms with E-state index in [1.807, 2.05) is 0 Å². The van der Waals surface area contributed by atoms with E-state index in [2.05, 4.69) is 21.2 Å². The van der Waals surface area contributed by atoms with E-state index in [1.165, 1.54) is 13.2 Å². The molecule has 0 aromatic heterocycles. The average Bonchev–Trinajstić information content (AvgIpc) is 2.29. The molecular weight excluding hydrogens is 382 g/mol. The fourth-order valence-electron chi connectivity index (χ4n) is 1.91. The number of halogens is 2. The highest BCUT2D eigenvalue weighted by molar-refractivity contribution is 9.10. The van der Waals surface area contributed by atoms with Gasteiger partial charge in [0.25, 0.3) is 15.0 Å². The van der Waals surface area contributed by atoms with Crippen LogP contribution in [-0.2, 0) is 13.8 Å². The Hall–Kier alpha value is -0.630. The van der Waals surface area contributed by atoms with Crippen LogP contribution >= 0.6 is 26.6 Å². The lowest BCUT2D eigenvalue weighted by Gasteiger charge is -2.26. The lowest BCUT2D eigenvalue weighted by atomic mass is 10.0. The zero-order chi connectivity index (χ0) is 16.4. The molecule has 0 spiro atoms. The summed E-state index contributed by atoms with van der Waals surface area (Å²) in [6, 6.07) is 2.92. The van der Waals surface area contributed by atoms with Crippen LogP contribution in [-0.4, -0.2) is 33.6 Å². The summed E-state index contributed by atoms with van der Waals surface area (Å²) in [5.74, 6) is -0.391. The van der Waals surface area contributed by atoms with Crippen LogP contribution in [0.25, 0.3) is 0 Å². The molecule has 8 heteroatoms. The molecule has 5 nitrogen and oxygen atoms in total. The average molecular weight is 399 g/mol. The summed E-state index contributed by atoms with van der Waals surface area (Å²) in [6.07, 6.45) is 0. The number of rotatable bonds is 5. The largest absolute Gasteiger partial charge is 0.382 e. The molecule has 0 unspecified atom stereocenters. The van der Waals surface area contributed by atoms with Crippen molar-refractivity contribution >= 4 is 41.6 Å². The Labute approximate surface area is 137 Å². The molecule has 0 saturated heterocycles. The summed E-state index contributed by atoms with van der Waals surface area (Å²) in [5.41, 5.74) is -0.0349. The van der Waals surface area contributed by atoms with Crippen molar-refractivity contribution in [2.45, 2.75) is 31.2 Å². The van der Waals surface area contributed by atoms with Gasteiger partial charge in [0.05, 0.1) is 17.0 Å². The quantitative estimate of drug-likeness (QED) is 0.774. The van der Waals surface area contributed by atoms with Gasteiger partial charge in [-0.3, -0.25) is 4.79 Å². The van der Waals surface area contributed by atoms with Crippen LogP contribution < -0.4 is 5.32 Å². The zero-order valence-electron chi connectivity index (χ0n) is 12.2. The summed E-state index contributed by atoms with van der Waals surface area (Å²) < 4.78 is 28.6. The minimum atomic E-state index is -3.93. The van der Waals surface area contributed by atoms with Crippen molar-refractivity contribution in [2.75, 3.05) is 13.7 Å². The van der Waals surface area contributed by atoms with Crippen LogP contribution in [0, 0.1) is 6.92 Å². The zero-order valence-corrected chi connectivity index (χ0v) is 15.3. The summed E-state index contributed by atoms with van der Waals surface area (Å²) in [7, 11) is 3.00. The summed E-state index contributed by atoms with van der Waals surface area (Å²) in [6.45, 7) is 5.48. The molecule has 0 bridgehead atoms. The van der Waals surface area contributed by atoms with Gasteiger partial charge in [-0.15, -0.1) is 0 Å². The number of hydrogen-bond donors (Lipinski definition) is 1. The second-order valence-corrected chi connectivity index (χ2v) is 8.74. The molecule has 118 valence electrons. The first-order valence-electron chi connectivity index (χ1n) is 6.04. The van der Waals surface area contributed by atoms with Crippen molar-refractivity contribution in [1.82, 2.24) is 5.32 Å². The molecule has 1 aromatic rings. The Morgan fingerprint density at radius 2 is 2.00 bits per heavy atom. The third-order valence-electron chi connectivity index (χ3n) is 2.79. The van der Waals surface area contributed by atoms with Crippen molar-refractivity contribution < 1.29 is 17.9 Å². The second-order valence-electron chi connectivity index (χ2n) is 5.29. The normalized spacial score (nSPS) is 12.3. The predicted molar refractivity (Wildman–Crippen MR) is 85.3 cm³/mol. The Bertz CT molecular complexity index is 658. The maximum Gasteiger partial charge on any atom is 0.261 e. The van der Waals surface area contributed by atoms with Crippen molar-refractivity contribution in [3.8, 4) is 0 Å². The standard InChI is InChI=1S/C13H17BrClNO4S/c1-8-10(12(17)16-13(2,3)7-20-4)5-9(14)6-11(8)21(15,18)19/h5-6H,7H2,1-4H3,(H,16,17). The molecule has 1 aromatic carbocycles. The Morgan fingerprint density at radius 1 is 1.43 bits per heavy atom. The number of methoxy groups -OCH3 is 1. The van der Waals surface area contributed by atoms with Gasteiger partial charge in [-0.1, -0.05) is 15.9 Å². The minimum Gasteiger partial charge on any atom is -0.382 e. The van der Waals surface area contributed by atoms with E-state index < -0.39 is 20.5 Å². The lowest BCUT2D eigenvalue weighted by molar-refractivity contribution is 0.0819. The lowest BCUT2D eigenvalue weighted by Crippen LogP contribution is -2.47. The van der Waals surface area contributed by atoms with Crippen LogP contribution in [0.4, 0.5) is 0 Å². The number of ether oxygens (including phenoxy) is 1. The highest BCUT2D eigenvalue weighted by atomic mass is 79.9. The van der Waals surface area contributed by atoms with Crippen LogP contribution in [0.15, 0.2) is 21.5 Å². The van der Waals surface area contributed by atoms with E-state index in [-0.39, 0.29) is 10.5 Å². The third kappa shape index (κ3) is 4.95. The molecule has 0 saturated carbocycles. The third-order valence-corrected chi connectivity index (χ3v) is 4.70. The summed E-state index contributed by atoms with van der Waals surface area (Å²) >= 11 is 3.19. The molecule has 0 atom stereocenters. The molecule has 0 aliphatic heterocycles. The monoisotopic (exact) mass is 397 g/mol. The molecule has 0 aliphatic rings. The number of carbonyl (C=O) groups is 1. The van der Waals surface area contributed by atoms with Gasteiger partial charge < -0.3 is 10.1 Å². The first-order chi connectivity index (χ1) is 9.48. The van der Waals surface area contributed by atoms with Crippen molar-refractivity contribution in [3.63, 3.8) is 0 Å². The van der Waals surface area contributed by atoms with E-state index >= 15 is 0 Å². The maximum absolute atomic E-state index is 12.4. The molecule has 0 fully saturated rings. The van der Waals surface area contributed by atoms with Gasteiger partial charge >= 0.3 is 0 Å². The van der Waals surface area contributed by atoms with Crippen LogP contribution in [0.3, 0.4) is 0 Å². The first-order valence-corrected chi connectivity index (χ1v) is 9.14. The van der Waals surface area contributed by atoms with Gasteiger partial charge in [-0.05, 0) is 38.5 Å². The second kappa shape index (κ2) is 6.64. The molecule has 1 N–H and O–H groups in total. The number of nitrogens with one attached hydrogen (secondary N) is 1. The number of benzene rings is 1. The van der Waals surface area contributed by atoms with E-state index in [4.69, 9.17) is 15.4 Å². The van der Waals surface area contributed by atoms with Crippen LogP contribution in [0.1, 0.15) is 29.8 Å². The van der Waals surface area contributed by atoms with Gasteiger partial charge in [0, 0.05) is 27.8 Å². The number of amides is 1.